The third-order valence-electron chi connectivity index (χ3n) is 2.95. The van der Waals surface area contributed by atoms with Crippen molar-refractivity contribution in [2.75, 3.05) is 7.05 Å². The Hall–Kier alpha value is -1.91. The topological polar surface area (TPSA) is 57.6 Å². The van der Waals surface area contributed by atoms with Crippen LogP contribution in [0.5, 0.6) is 0 Å². The van der Waals surface area contributed by atoms with Gasteiger partial charge in [0.05, 0.1) is 0 Å². The zero-order valence-electron chi connectivity index (χ0n) is 9.68. The van der Waals surface area contributed by atoms with Gasteiger partial charge in [0.25, 0.3) is 0 Å². The maximum atomic E-state index is 12.8. The molecule has 1 aromatic rings. The first-order valence-corrected chi connectivity index (χ1v) is 5.16. The van der Waals surface area contributed by atoms with Gasteiger partial charge in [-0.05, 0) is 24.1 Å². The van der Waals surface area contributed by atoms with Gasteiger partial charge in [-0.2, -0.15) is 0 Å². The van der Waals surface area contributed by atoms with Gasteiger partial charge in [0, 0.05) is 7.05 Å². The highest BCUT2D eigenvalue weighted by atomic mass is 19.1. The van der Waals surface area contributed by atoms with Crippen LogP contribution in [0.3, 0.4) is 0 Å². The molecule has 1 atom stereocenters. The predicted octanol–water partition coefficient (Wildman–Crippen LogP) is 1.60. The van der Waals surface area contributed by atoms with Crippen LogP contribution in [-0.2, 0) is 15.1 Å². The summed E-state index contributed by atoms with van der Waals surface area (Å²) in [7, 11) is 1.40. The number of nitrogens with zero attached hydrogens (tertiary/aromatic N) is 1. The molecule has 0 radical (unpaired) electrons. The van der Waals surface area contributed by atoms with Gasteiger partial charge in [-0.25, -0.2) is 9.18 Å². The van der Waals surface area contributed by atoms with Crippen molar-refractivity contribution in [1.82, 2.24) is 4.90 Å². The molecule has 1 aromatic carbocycles. The average Bonchev–Trinajstić information content (AvgIpc) is 2.32. The van der Waals surface area contributed by atoms with E-state index in [0.29, 0.717) is 12.0 Å². The molecule has 1 rings (SSSR count). The summed E-state index contributed by atoms with van der Waals surface area (Å²) in [5.41, 5.74) is -1.07. The Labute approximate surface area is 98.7 Å². The lowest BCUT2D eigenvalue weighted by molar-refractivity contribution is -0.155. The predicted molar refractivity (Wildman–Crippen MR) is 59.8 cm³/mol. The van der Waals surface area contributed by atoms with Crippen LogP contribution < -0.4 is 0 Å². The molecule has 0 bridgehead atoms. The van der Waals surface area contributed by atoms with Crippen LogP contribution in [0.1, 0.15) is 18.9 Å². The molecular formula is C12H14FNO3. The fourth-order valence-corrected chi connectivity index (χ4v) is 1.90. The highest BCUT2D eigenvalue weighted by Crippen LogP contribution is 2.30. The summed E-state index contributed by atoms with van der Waals surface area (Å²) in [5.74, 6) is -1.58. The van der Waals surface area contributed by atoms with Gasteiger partial charge in [-0.15, -0.1) is 0 Å². The van der Waals surface area contributed by atoms with E-state index in [0.717, 1.165) is 4.90 Å². The normalized spacial score (nSPS) is 13.8. The van der Waals surface area contributed by atoms with Crippen LogP contribution in [0, 0.1) is 5.82 Å². The zero-order valence-corrected chi connectivity index (χ0v) is 9.68. The van der Waals surface area contributed by atoms with Crippen LogP contribution in [0.25, 0.3) is 0 Å². The highest BCUT2D eigenvalue weighted by Gasteiger charge is 2.42. The number of rotatable bonds is 5. The van der Waals surface area contributed by atoms with Crippen molar-refractivity contribution >= 4 is 12.4 Å². The van der Waals surface area contributed by atoms with Gasteiger partial charge < -0.3 is 10.0 Å². The maximum Gasteiger partial charge on any atom is 0.334 e. The lowest BCUT2D eigenvalue weighted by atomic mass is 9.86. The van der Waals surface area contributed by atoms with Gasteiger partial charge in [0.15, 0.2) is 5.54 Å². The Kier molecular flexibility index (Phi) is 3.83. The number of hydrogen-bond donors (Lipinski definition) is 1. The molecule has 4 nitrogen and oxygen atoms in total. The van der Waals surface area contributed by atoms with Crippen LogP contribution in [-0.4, -0.2) is 29.4 Å². The van der Waals surface area contributed by atoms with Gasteiger partial charge in [0.2, 0.25) is 6.41 Å². The molecule has 5 heteroatoms. The van der Waals surface area contributed by atoms with Crippen molar-refractivity contribution < 1.29 is 19.1 Å². The molecule has 92 valence electrons. The molecule has 0 spiro atoms. The third kappa shape index (κ3) is 2.13. The highest BCUT2D eigenvalue weighted by molar-refractivity contribution is 5.83. The zero-order chi connectivity index (χ0) is 13.1. The van der Waals surface area contributed by atoms with E-state index >= 15 is 0 Å². The van der Waals surface area contributed by atoms with E-state index in [2.05, 4.69) is 0 Å². The fraction of sp³-hybridized carbons (Fsp3) is 0.333. The minimum Gasteiger partial charge on any atom is -0.479 e. The van der Waals surface area contributed by atoms with Crippen molar-refractivity contribution in [3.63, 3.8) is 0 Å². The quantitative estimate of drug-likeness (QED) is 0.794. The number of halogens is 1. The van der Waals surface area contributed by atoms with E-state index in [9.17, 15) is 19.1 Å². The van der Waals surface area contributed by atoms with Crippen LogP contribution in [0.2, 0.25) is 0 Å². The number of carboxylic acids is 1. The summed E-state index contributed by atoms with van der Waals surface area (Å²) < 4.78 is 12.8. The number of hydrogen-bond acceptors (Lipinski definition) is 2. The maximum absolute atomic E-state index is 12.8. The molecule has 0 fully saturated rings. The second-order valence-electron chi connectivity index (χ2n) is 3.74. The Bertz CT molecular complexity index is 418. The van der Waals surface area contributed by atoms with Crippen molar-refractivity contribution in [3.8, 4) is 0 Å². The van der Waals surface area contributed by atoms with Crippen LogP contribution >= 0.6 is 0 Å². The number of carbonyl (C=O) groups is 2. The summed E-state index contributed by atoms with van der Waals surface area (Å²) in [6, 6.07) is 5.13. The van der Waals surface area contributed by atoms with Crippen molar-refractivity contribution in [1.29, 1.82) is 0 Å². The van der Waals surface area contributed by atoms with E-state index in [1.54, 1.807) is 6.92 Å². The Morgan fingerprint density at radius 2 is 2.00 bits per heavy atom. The molecular weight excluding hydrogens is 225 g/mol. The molecule has 0 aliphatic carbocycles. The molecule has 0 aromatic heterocycles. The third-order valence-corrected chi connectivity index (χ3v) is 2.95. The van der Waals surface area contributed by atoms with Gasteiger partial charge >= 0.3 is 5.97 Å². The Morgan fingerprint density at radius 3 is 2.35 bits per heavy atom. The van der Waals surface area contributed by atoms with E-state index in [1.165, 1.54) is 31.3 Å². The molecule has 0 aliphatic rings. The van der Waals surface area contributed by atoms with Crippen LogP contribution in [0.15, 0.2) is 24.3 Å². The average molecular weight is 239 g/mol. The summed E-state index contributed by atoms with van der Waals surface area (Å²) in [6.07, 6.45) is 0.657. The molecule has 17 heavy (non-hydrogen) atoms. The summed E-state index contributed by atoms with van der Waals surface area (Å²) in [4.78, 5) is 23.4. The summed E-state index contributed by atoms with van der Waals surface area (Å²) in [6.45, 7) is 1.66. The number of likely N-dealkylation sites (N-methyl/N-ethyl adjacent to an activating group) is 1. The second kappa shape index (κ2) is 4.95. The fourth-order valence-electron chi connectivity index (χ4n) is 1.90. The minimum atomic E-state index is -1.45. The molecule has 1 amide bonds. The minimum absolute atomic E-state index is 0.198. The first-order valence-electron chi connectivity index (χ1n) is 5.16. The van der Waals surface area contributed by atoms with Gasteiger partial charge in [0.1, 0.15) is 5.82 Å². The number of carboxylic acid groups (broad SMARTS) is 1. The first kappa shape index (κ1) is 13.2. The van der Waals surface area contributed by atoms with Crippen molar-refractivity contribution in [3.05, 3.63) is 35.6 Å². The lowest BCUT2D eigenvalue weighted by Gasteiger charge is -2.35. The van der Waals surface area contributed by atoms with Crippen molar-refractivity contribution in [2.24, 2.45) is 0 Å². The number of carbonyl (C=O) groups excluding carboxylic acids is 1. The van der Waals surface area contributed by atoms with E-state index in [1.807, 2.05) is 0 Å². The molecule has 0 heterocycles. The SMILES string of the molecule is CCC(C(=O)O)(c1ccc(F)cc1)N(C)C=O. The van der Waals surface area contributed by atoms with E-state index in [-0.39, 0.29) is 6.42 Å². The molecule has 0 aliphatic heterocycles. The number of amides is 1. The van der Waals surface area contributed by atoms with E-state index < -0.39 is 17.3 Å². The number of benzene rings is 1. The van der Waals surface area contributed by atoms with Crippen molar-refractivity contribution in [2.45, 2.75) is 18.9 Å². The Balaban J connectivity index is 3.36. The Morgan fingerprint density at radius 1 is 1.47 bits per heavy atom. The molecule has 0 saturated carbocycles. The van der Waals surface area contributed by atoms with E-state index in [4.69, 9.17) is 0 Å². The van der Waals surface area contributed by atoms with Gasteiger partial charge in [-0.3, -0.25) is 4.79 Å². The standard InChI is InChI=1S/C12H14FNO3/c1-3-12(11(16)17,14(2)8-15)9-4-6-10(13)7-5-9/h4-8H,3H2,1-2H3,(H,16,17). The van der Waals surface area contributed by atoms with Crippen LogP contribution in [0.4, 0.5) is 4.39 Å². The molecule has 1 N–H and O–H groups in total. The first-order chi connectivity index (χ1) is 7.98. The number of aliphatic carboxylic acids is 1. The summed E-state index contributed by atoms with van der Waals surface area (Å²) >= 11 is 0. The monoisotopic (exact) mass is 239 g/mol. The largest absolute Gasteiger partial charge is 0.479 e. The summed E-state index contributed by atoms with van der Waals surface area (Å²) in [5, 5.41) is 9.35. The molecule has 0 saturated heterocycles. The molecule has 1 unspecified atom stereocenters. The van der Waals surface area contributed by atoms with Gasteiger partial charge in [-0.1, -0.05) is 19.1 Å². The second-order valence-corrected chi connectivity index (χ2v) is 3.74. The smallest absolute Gasteiger partial charge is 0.334 e. The lowest BCUT2D eigenvalue weighted by Crippen LogP contribution is -2.49.